The third kappa shape index (κ3) is 7.23. The van der Waals surface area contributed by atoms with Gasteiger partial charge in [-0.3, -0.25) is 4.79 Å². The zero-order valence-electron chi connectivity index (χ0n) is 20.7. The minimum atomic E-state index is -4.65. The Balaban J connectivity index is 1.46. The number of anilines is 4. The number of nitrogens with one attached hydrogen (secondary N) is 2. The Morgan fingerprint density at radius 2 is 1.50 bits per heavy atom. The fourth-order valence-electron chi connectivity index (χ4n) is 3.99. The molecule has 3 aromatic carbocycles. The van der Waals surface area contributed by atoms with Gasteiger partial charge < -0.3 is 25.0 Å². The first-order chi connectivity index (χ1) is 18.9. The number of benzene rings is 3. The molecular weight excluding hydrogens is 544 g/mol. The first-order valence-electron chi connectivity index (χ1n) is 12.0. The van der Waals surface area contributed by atoms with E-state index < -0.39 is 42.0 Å². The minimum Gasteiger partial charge on any atom is -0.452 e. The molecule has 0 atom stereocenters. The number of halogens is 6. The number of carbonyl (C=O) groups is 2. The number of alkyl halides is 6. The third-order valence-corrected chi connectivity index (χ3v) is 5.90. The van der Waals surface area contributed by atoms with Crippen LogP contribution in [-0.2, 0) is 26.6 Å². The molecular formula is C27H23F6N3O4. The van der Waals surface area contributed by atoms with Crippen LogP contribution in [0.4, 0.5) is 49.1 Å². The largest absolute Gasteiger partial charge is 0.452 e. The maximum absolute atomic E-state index is 13.3. The van der Waals surface area contributed by atoms with Crippen LogP contribution in [0, 0.1) is 0 Å². The molecule has 7 nitrogen and oxygen atoms in total. The predicted octanol–water partition coefficient (Wildman–Crippen LogP) is 6.10. The quantitative estimate of drug-likeness (QED) is 0.265. The fourth-order valence-corrected chi connectivity index (χ4v) is 3.99. The number of carbonyl (C=O) groups excluding carboxylic acids is 2. The van der Waals surface area contributed by atoms with Crippen molar-refractivity contribution in [1.82, 2.24) is 0 Å². The lowest BCUT2D eigenvalue weighted by molar-refractivity contribution is -0.138. The summed E-state index contributed by atoms with van der Waals surface area (Å²) >= 11 is 0. The molecule has 1 aliphatic heterocycles. The molecule has 0 saturated carbocycles. The molecule has 1 amide bonds. The van der Waals surface area contributed by atoms with Gasteiger partial charge in [0.2, 0.25) is 0 Å². The lowest BCUT2D eigenvalue weighted by Crippen LogP contribution is -2.37. The van der Waals surface area contributed by atoms with Crippen LogP contribution < -0.4 is 15.5 Å². The van der Waals surface area contributed by atoms with E-state index >= 15 is 0 Å². The van der Waals surface area contributed by atoms with Crippen molar-refractivity contribution in [3.63, 3.8) is 0 Å². The molecule has 4 rings (SSSR count). The Labute approximate surface area is 224 Å². The summed E-state index contributed by atoms with van der Waals surface area (Å²) in [6.45, 7) is 0.702. The Hall–Kier alpha value is -4.26. The maximum atomic E-state index is 13.3. The Kier molecular flexibility index (Phi) is 8.52. The van der Waals surface area contributed by atoms with Crippen LogP contribution in [0.15, 0.2) is 66.7 Å². The van der Waals surface area contributed by atoms with Gasteiger partial charge in [-0.15, -0.1) is 0 Å². The second-order valence-electron chi connectivity index (χ2n) is 8.70. The molecule has 0 radical (unpaired) electrons. The molecule has 0 aromatic heterocycles. The van der Waals surface area contributed by atoms with E-state index in [1.54, 1.807) is 11.0 Å². The zero-order valence-corrected chi connectivity index (χ0v) is 20.7. The topological polar surface area (TPSA) is 79.9 Å². The average molecular weight is 567 g/mol. The van der Waals surface area contributed by atoms with Crippen LogP contribution in [0.25, 0.3) is 0 Å². The van der Waals surface area contributed by atoms with Gasteiger partial charge in [0.25, 0.3) is 5.91 Å². The first kappa shape index (κ1) is 28.7. The number of esters is 1. The van der Waals surface area contributed by atoms with E-state index in [4.69, 9.17) is 9.47 Å². The molecule has 2 N–H and O–H groups in total. The molecule has 1 aliphatic rings. The van der Waals surface area contributed by atoms with E-state index in [1.165, 1.54) is 36.4 Å². The second kappa shape index (κ2) is 11.9. The zero-order chi connectivity index (χ0) is 28.9. The highest BCUT2D eigenvalue weighted by atomic mass is 19.4. The summed E-state index contributed by atoms with van der Waals surface area (Å²) in [5, 5.41) is 5.12. The monoisotopic (exact) mass is 567 g/mol. The van der Waals surface area contributed by atoms with Crippen LogP contribution in [0.2, 0.25) is 0 Å². The van der Waals surface area contributed by atoms with Crippen LogP contribution in [-0.4, -0.2) is 44.8 Å². The number of amides is 1. The second-order valence-corrected chi connectivity index (χ2v) is 8.70. The summed E-state index contributed by atoms with van der Waals surface area (Å²) in [5.74, 6) is -1.85. The number of para-hydroxylation sites is 1. The normalized spacial score (nSPS) is 14.0. The molecule has 1 heterocycles. The summed E-state index contributed by atoms with van der Waals surface area (Å²) in [6.07, 6.45) is -9.21. The van der Waals surface area contributed by atoms with Gasteiger partial charge in [0, 0.05) is 18.8 Å². The van der Waals surface area contributed by atoms with Gasteiger partial charge in [-0.1, -0.05) is 18.2 Å². The summed E-state index contributed by atoms with van der Waals surface area (Å²) in [7, 11) is 0. The van der Waals surface area contributed by atoms with Crippen LogP contribution in [0.5, 0.6) is 0 Å². The van der Waals surface area contributed by atoms with Gasteiger partial charge >= 0.3 is 18.3 Å². The van der Waals surface area contributed by atoms with E-state index in [9.17, 15) is 35.9 Å². The lowest BCUT2D eigenvalue weighted by Gasteiger charge is -2.31. The smallest absolute Gasteiger partial charge is 0.416 e. The predicted molar refractivity (Wildman–Crippen MR) is 135 cm³/mol. The third-order valence-electron chi connectivity index (χ3n) is 5.90. The van der Waals surface area contributed by atoms with Crippen molar-refractivity contribution in [2.24, 2.45) is 0 Å². The Bertz CT molecular complexity index is 1370. The summed E-state index contributed by atoms with van der Waals surface area (Å²) in [5.41, 5.74) is -1.49. The molecule has 0 unspecified atom stereocenters. The van der Waals surface area contributed by atoms with Crippen LogP contribution in [0.3, 0.4) is 0 Å². The van der Waals surface area contributed by atoms with Gasteiger partial charge in [0.15, 0.2) is 6.61 Å². The molecule has 0 aliphatic carbocycles. The number of hydrogen-bond acceptors (Lipinski definition) is 6. The van der Waals surface area contributed by atoms with Gasteiger partial charge in [0.05, 0.1) is 47.0 Å². The van der Waals surface area contributed by atoms with Crippen molar-refractivity contribution >= 4 is 34.6 Å². The number of rotatable bonds is 7. The standard InChI is InChI=1S/C27H23F6N3O4/c28-26(29,30)17-4-3-5-19(14-17)34-21-7-2-1-6-20(21)25(38)40-16-24(37)35-22-15-18(27(31,32)33)8-9-23(22)36-10-12-39-13-11-36/h1-9,14-15,34H,10-13,16H2,(H,35,37). The summed E-state index contributed by atoms with van der Waals surface area (Å²) in [6, 6.07) is 13.1. The molecule has 40 heavy (non-hydrogen) atoms. The molecule has 0 bridgehead atoms. The first-order valence-corrected chi connectivity index (χ1v) is 12.0. The highest BCUT2D eigenvalue weighted by molar-refractivity contribution is 6.00. The average Bonchev–Trinajstić information content (AvgIpc) is 2.92. The number of nitrogens with zero attached hydrogens (tertiary/aromatic N) is 1. The van der Waals surface area contributed by atoms with Crippen molar-refractivity contribution < 1.29 is 45.4 Å². The summed E-state index contributed by atoms with van der Waals surface area (Å²) < 4.78 is 89.5. The van der Waals surface area contributed by atoms with E-state index in [-0.39, 0.29) is 22.6 Å². The number of ether oxygens (including phenoxy) is 2. The number of hydrogen-bond donors (Lipinski definition) is 2. The molecule has 1 saturated heterocycles. The Morgan fingerprint density at radius 3 is 2.20 bits per heavy atom. The fraction of sp³-hybridized carbons (Fsp3) is 0.259. The molecule has 1 fully saturated rings. The Morgan fingerprint density at radius 1 is 0.825 bits per heavy atom. The van der Waals surface area contributed by atoms with E-state index in [0.717, 1.165) is 24.3 Å². The molecule has 0 spiro atoms. The van der Waals surface area contributed by atoms with Crippen molar-refractivity contribution in [2.75, 3.05) is 48.4 Å². The van der Waals surface area contributed by atoms with E-state index in [2.05, 4.69) is 10.6 Å². The summed E-state index contributed by atoms with van der Waals surface area (Å²) in [4.78, 5) is 27.1. The highest BCUT2D eigenvalue weighted by Crippen LogP contribution is 2.36. The van der Waals surface area contributed by atoms with Gasteiger partial charge in [-0.25, -0.2) is 4.79 Å². The molecule has 13 heteroatoms. The van der Waals surface area contributed by atoms with Gasteiger partial charge in [0.1, 0.15) is 0 Å². The maximum Gasteiger partial charge on any atom is 0.416 e. The molecule has 3 aromatic rings. The van der Waals surface area contributed by atoms with Crippen molar-refractivity contribution in [1.29, 1.82) is 0 Å². The number of morpholine rings is 1. The van der Waals surface area contributed by atoms with Crippen LogP contribution in [0.1, 0.15) is 21.5 Å². The van der Waals surface area contributed by atoms with Crippen molar-refractivity contribution in [3.05, 3.63) is 83.4 Å². The lowest BCUT2D eigenvalue weighted by atomic mass is 10.1. The SMILES string of the molecule is O=C(COC(=O)c1ccccc1Nc1cccc(C(F)(F)F)c1)Nc1cc(C(F)(F)F)ccc1N1CCOCC1. The highest BCUT2D eigenvalue weighted by Gasteiger charge is 2.32. The van der Waals surface area contributed by atoms with E-state index in [1.807, 2.05) is 0 Å². The van der Waals surface area contributed by atoms with Crippen LogP contribution >= 0.6 is 0 Å². The minimum absolute atomic E-state index is 0.0630. The van der Waals surface area contributed by atoms with Gasteiger partial charge in [-0.05, 0) is 48.5 Å². The van der Waals surface area contributed by atoms with Crippen molar-refractivity contribution in [2.45, 2.75) is 12.4 Å². The van der Waals surface area contributed by atoms with E-state index in [0.29, 0.717) is 32.0 Å². The van der Waals surface area contributed by atoms with Crippen molar-refractivity contribution in [3.8, 4) is 0 Å². The molecule has 212 valence electrons. The van der Waals surface area contributed by atoms with Gasteiger partial charge in [-0.2, -0.15) is 26.3 Å².